The molecule has 0 saturated heterocycles. The number of methoxy groups -OCH3 is 1. The van der Waals surface area contributed by atoms with Crippen LogP contribution in [-0.4, -0.2) is 78.6 Å². The van der Waals surface area contributed by atoms with E-state index in [1.165, 1.54) is 0 Å². The lowest BCUT2D eigenvalue weighted by molar-refractivity contribution is 0.00495. The van der Waals surface area contributed by atoms with E-state index in [-0.39, 0.29) is 5.91 Å². The van der Waals surface area contributed by atoms with Crippen LogP contribution in [0.3, 0.4) is 0 Å². The van der Waals surface area contributed by atoms with Gasteiger partial charge in [0, 0.05) is 47.3 Å². The molecule has 0 saturated carbocycles. The average molecular weight is 588 g/mol. The maximum absolute atomic E-state index is 12.2. The van der Waals surface area contributed by atoms with Gasteiger partial charge in [0.25, 0.3) is 5.91 Å². The third kappa shape index (κ3) is 9.72. The fourth-order valence-corrected chi connectivity index (χ4v) is 5.12. The minimum absolute atomic E-state index is 0.0911. The fraction of sp³-hybridized carbons (Fsp3) is 0.333. The lowest BCUT2D eigenvalue weighted by Crippen LogP contribution is -2.18. The van der Waals surface area contributed by atoms with Crippen LogP contribution >= 0.6 is 11.8 Å². The molecule has 1 amide bonds. The highest BCUT2D eigenvalue weighted by atomic mass is 32.2. The van der Waals surface area contributed by atoms with Crippen molar-refractivity contribution in [3.05, 3.63) is 89.0 Å². The molecule has 0 fully saturated rings. The van der Waals surface area contributed by atoms with Crippen LogP contribution in [0.2, 0.25) is 0 Å². The molecule has 0 spiro atoms. The molecule has 0 aromatic heterocycles. The van der Waals surface area contributed by atoms with Gasteiger partial charge in [0.2, 0.25) is 0 Å². The van der Waals surface area contributed by atoms with E-state index >= 15 is 0 Å². The quantitative estimate of drug-likeness (QED) is 0.186. The molecular weight excluding hydrogens is 550 g/mol. The Morgan fingerprint density at radius 3 is 2.33 bits per heavy atom. The van der Waals surface area contributed by atoms with Crippen molar-refractivity contribution >= 4 is 29.1 Å². The van der Waals surface area contributed by atoms with Gasteiger partial charge >= 0.3 is 0 Å². The number of hydrogen-bond donors (Lipinski definition) is 2. The number of ether oxygens (including phenoxy) is 4. The molecule has 1 heterocycles. The SMILES string of the molecule is CNC(=O)c1ccccc1Sc1ccc2c(c1)CN=C2C#Cc1ccc(NCCOCCOCCOCCOC)cc1. The Labute approximate surface area is 252 Å². The molecule has 0 aliphatic carbocycles. The number of anilines is 1. The molecule has 9 heteroatoms. The van der Waals surface area contributed by atoms with E-state index in [0.717, 1.165) is 37.9 Å². The number of benzene rings is 3. The molecule has 3 aromatic carbocycles. The van der Waals surface area contributed by atoms with Crippen molar-refractivity contribution in [1.29, 1.82) is 0 Å². The maximum Gasteiger partial charge on any atom is 0.252 e. The van der Waals surface area contributed by atoms with E-state index in [2.05, 4.69) is 45.7 Å². The van der Waals surface area contributed by atoms with Crippen LogP contribution in [0.25, 0.3) is 0 Å². The number of nitrogens with zero attached hydrogens (tertiary/aromatic N) is 1. The van der Waals surface area contributed by atoms with Gasteiger partial charge in [-0.3, -0.25) is 9.79 Å². The van der Waals surface area contributed by atoms with E-state index < -0.39 is 0 Å². The summed E-state index contributed by atoms with van der Waals surface area (Å²) >= 11 is 1.58. The van der Waals surface area contributed by atoms with E-state index in [0.29, 0.717) is 64.9 Å². The summed E-state index contributed by atoms with van der Waals surface area (Å²) in [5.41, 5.74) is 5.61. The Hall–Kier alpha value is -3.65. The zero-order valence-corrected chi connectivity index (χ0v) is 24.9. The van der Waals surface area contributed by atoms with Crippen LogP contribution < -0.4 is 10.6 Å². The first kappa shape index (κ1) is 31.3. The Bertz CT molecular complexity index is 1400. The van der Waals surface area contributed by atoms with Gasteiger partial charge in [-0.15, -0.1) is 0 Å². The third-order valence-electron chi connectivity index (χ3n) is 6.29. The summed E-state index contributed by atoms with van der Waals surface area (Å²) in [5, 5.41) is 6.06. The Morgan fingerprint density at radius 2 is 1.60 bits per heavy atom. The minimum atomic E-state index is -0.0911. The summed E-state index contributed by atoms with van der Waals surface area (Å²) in [7, 11) is 3.30. The molecule has 1 aliphatic heterocycles. The van der Waals surface area contributed by atoms with Gasteiger partial charge in [-0.1, -0.05) is 35.9 Å². The first-order chi connectivity index (χ1) is 20.7. The monoisotopic (exact) mass is 587 g/mol. The van der Waals surface area contributed by atoms with E-state index in [1.807, 2.05) is 48.5 Å². The third-order valence-corrected chi connectivity index (χ3v) is 7.35. The van der Waals surface area contributed by atoms with Crippen LogP contribution in [0.5, 0.6) is 0 Å². The molecule has 2 N–H and O–H groups in total. The van der Waals surface area contributed by atoms with Crippen LogP contribution in [0.4, 0.5) is 5.69 Å². The van der Waals surface area contributed by atoms with E-state index in [1.54, 1.807) is 25.9 Å². The molecule has 0 unspecified atom stereocenters. The normalized spacial score (nSPS) is 11.8. The number of amides is 1. The zero-order chi connectivity index (χ0) is 29.4. The maximum atomic E-state index is 12.2. The number of aliphatic imine (C=N–C) groups is 1. The van der Waals surface area contributed by atoms with Gasteiger partial charge in [-0.25, -0.2) is 0 Å². The van der Waals surface area contributed by atoms with Gasteiger partial charge in [-0.2, -0.15) is 0 Å². The van der Waals surface area contributed by atoms with Gasteiger partial charge in [0.05, 0.1) is 58.4 Å². The van der Waals surface area contributed by atoms with Crippen LogP contribution in [-0.2, 0) is 25.5 Å². The summed E-state index contributed by atoms with van der Waals surface area (Å²) in [6, 6.07) is 21.9. The Morgan fingerprint density at radius 1 is 0.881 bits per heavy atom. The molecule has 8 nitrogen and oxygen atoms in total. The molecule has 1 aliphatic rings. The number of rotatable bonds is 16. The highest BCUT2D eigenvalue weighted by Crippen LogP contribution is 2.33. The molecule has 0 atom stereocenters. The molecule has 220 valence electrons. The van der Waals surface area contributed by atoms with E-state index in [4.69, 9.17) is 18.9 Å². The molecular formula is C33H37N3O5S. The summed E-state index contributed by atoms with van der Waals surface area (Å²) in [6.07, 6.45) is 0. The summed E-state index contributed by atoms with van der Waals surface area (Å²) < 4.78 is 21.3. The van der Waals surface area contributed by atoms with Crippen LogP contribution in [0.15, 0.2) is 81.5 Å². The largest absolute Gasteiger partial charge is 0.383 e. The van der Waals surface area contributed by atoms with Crippen molar-refractivity contribution in [2.45, 2.75) is 16.3 Å². The molecule has 0 radical (unpaired) electrons. The van der Waals surface area contributed by atoms with Gasteiger partial charge < -0.3 is 29.6 Å². The van der Waals surface area contributed by atoms with Crippen molar-refractivity contribution < 1.29 is 23.7 Å². The fourth-order valence-electron chi connectivity index (χ4n) is 4.11. The topological polar surface area (TPSA) is 90.4 Å². The van der Waals surface area contributed by atoms with Gasteiger partial charge in [0.1, 0.15) is 5.71 Å². The van der Waals surface area contributed by atoms with Crippen LogP contribution in [0, 0.1) is 11.8 Å². The molecule has 4 rings (SSSR count). The minimum Gasteiger partial charge on any atom is -0.383 e. The lowest BCUT2D eigenvalue weighted by Gasteiger charge is -2.09. The first-order valence-electron chi connectivity index (χ1n) is 13.9. The van der Waals surface area contributed by atoms with Crippen molar-refractivity contribution in [2.75, 3.05) is 72.3 Å². The number of hydrogen-bond acceptors (Lipinski definition) is 8. The summed E-state index contributed by atoms with van der Waals surface area (Å²) in [5.74, 6) is 6.39. The van der Waals surface area contributed by atoms with Crippen molar-refractivity contribution in [3.63, 3.8) is 0 Å². The van der Waals surface area contributed by atoms with Crippen molar-refractivity contribution in [1.82, 2.24) is 5.32 Å². The highest BCUT2D eigenvalue weighted by Gasteiger charge is 2.16. The Kier molecular flexibility index (Phi) is 12.9. The Balaban J connectivity index is 1.19. The van der Waals surface area contributed by atoms with Crippen LogP contribution in [0.1, 0.15) is 27.0 Å². The zero-order valence-electron chi connectivity index (χ0n) is 24.1. The number of fused-ring (bicyclic) bond motifs is 1. The molecule has 3 aromatic rings. The average Bonchev–Trinajstić information content (AvgIpc) is 3.43. The summed E-state index contributed by atoms with van der Waals surface area (Å²) in [4.78, 5) is 18.9. The second-order valence-electron chi connectivity index (χ2n) is 9.25. The number of carbonyl (C=O) groups excluding carboxylic acids is 1. The van der Waals surface area contributed by atoms with Gasteiger partial charge in [-0.05, 0) is 60.0 Å². The van der Waals surface area contributed by atoms with Crippen molar-refractivity contribution in [2.24, 2.45) is 4.99 Å². The summed E-state index contributed by atoms with van der Waals surface area (Å²) in [6.45, 7) is 5.29. The standard InChI is InChI=1S/C33H37N3O5S/c1-34-33(37)30-5-3-4-6-32(30)42-28-12-13-29-26(23-28)24-36-31(29)14-9-25-7-10-27(11-8-25)35-15-16-39-19-20-41-22-21-40-18-17-38-2/h3-8,10-13,23,35H,15-22,24H2,1-2H3,(H,34,37). The molecule has 42 heavy (non-hydrogen) atoms. The second kappa shape index (κ2) is 17.3. The van der Waals surface area contributed by atoms with Gasteiger partial charge in [0.15, 0.2) is 0 Å². The molecule has 0 bridgehead atoms. The first-order valence-corrected chi connectivity index (χ1v) is 14.7. The van der Waals surface area contributed by atoms with Crippen molar-refractivity contribution in [3.8, 4) is 11.8 Å². The predicted molar refractivity (Wildman–Crippen MR) is 167 cm³/mol. The number of carbonyl (C=O) groups is 1. The van der Waals surface area contributed by atoms with E-state index in [9.17, 15) is 4.79 Å². The number of nitrogens with one attached hydrogen (secondary N) is 2. The predicted octanol–water partition coefficient (Wildman–Crippen LogP) is 4.66. The lowest BCUT2D eigenvalue weighted by atomic mass is 10.1. The smallest absolute Gasteiger partial charge is 0.252 e. The second-order valence-corrected chi connectivity index (χ2v) is 10.4. The highest BCUT2D eigenvalue weighted by molar-refractivity contribution is 7.99.